The fourth-order valence-electron chi connectivity index (χ4n) is 2.49. The summed E-state index contributed by atoms with van der Waals surface area (Å²) in [7, 11) is 0. The van der Waals surface area contributed by atoms with Gasteiger partial charge in [-0.3, -0.25) is 0 Å². The number of aliphatic hydroxyl groups is 1. The maximum Gasteiger partial charge on any atom is 0.119 e. The second-order valence-corrected chi connectivity index (χ2v) is 6.43. The molecule has 0 heterocycles. The molecule has 112 valence electrons. The number of hydrogen-bond donors (Lipinski definition) is 2. The Morgan fingerprint density at radius 2 is 1.90 bits per heavy atom. The lowest BCUT2D eigenvalue weighted by atomic mass is 9.92. The molecule has 3 heteroatoms. The molecule has 1 saturated carbocycles. The smallest absolute Gasteiger partial charge is 0.119 e. The van der Waals surface area contributed by atoms with Crippen molar-refractivity contribution in [1.82, 2.24) is 5.32 Å². The van der Waals surface area contributed by atoms with Crippen molar-refractivity contribution in [1.29, 1.82) is 0 Å². The first kappa shape index (κ1) is 15.3. The van der Waals surface area contributed by atoms with Gasteiger partial charge in [0.05, 0.1) is 0 Å². The summed E-state index contributed by atoms with van der Waals surface area (Å²) in [5.41, 5.74) is 1.69. The Hall–Kier alpha value is -1.06. The van der Waals surface area contributed by atoms with Crippen LogP contribution in [-0.4, -0.2) is 30.9 Å². The third kappa shape index (κ3) is 4.22. The second kappa shape index (κ2) is 6.59. The van der Waals surface area contributed by atoms with Crippen LogP contribution >= 0.6 is 0 Å². The molecule has 1 aliphatic carbocycles. The molecule has 2 N–H and O–H groups in total. The summed E-state index contributed by atoms with van der Waals surface area (Å²) in [5.74, 6) is 1.53. The normalized spacial score (nSPS) is 18.1. The molecule has 0 bridgehead atoms. The van der Waals surface area contributed by atoms with Crippen molar-refractivity contribution in [2.24, 2.45) is 11.3 Å². The Morgan fingerprint density at radius 1 is 1.25 bits per heavy atom. The molecular formula is C17H27NO2. The topological polar surface area (TPSA) is 41.5 Å². The van der Waals surface area contributed by atoms with Gasteiger partial charge < -0.3 is 15.2 Å². The summed E-state index contributed by atoms with van der Waals surface area (Å²) in [6.07, 6.45) is 2.17. The van der Waals surface area contributed by atoms with Crippen LogP contribution in [0, 0.1) is 18.3 Å². The van der Waals surface area contributed by atoms with Gasteiger partial charge in [0.1, 0.15) is 18.5 Å². The summed E-state index contributed by atoms with van der Waals surface area (Å²) < 4.78 is 5.58. The van der Waals surface area contributed by atoms with Gasteiger partial charge in [0.2, 0.25) is 0 Å². The first-order chi connectivity index (χ1) is 9.52. The van der Waals surface area contributed by atoms with Gasteiger partial charge in [-0.05, 0) is 43.2 Å². The fourth-order valence-corrected chi connectivity index (χ4v) is 2.49. The molecule has 3 nitrogen and oxygen atoms in total. The molecule has 1 unspecified atom stereocenters. The highest BCUT2D eigenvalue weighted by atomic mass is 16.5. The molecule has 1 aromatic carbocycles. The Kier molecular flexibility index (Phi) is 5.06. The van der Waals surface area contributed by atoms with Crippen molar-refractivity contribution < 1.29 is 9.84 Å². The average Bonchev–Trinajstić information content (AvgIpc) is 3.19. The van der Waals surface area contributed by atoms with Gasteiger partial charge in [0, 0.05) is 13.1 Å². The third-order valence-electron chi connectivity index (χ3n) is 4.44. The van der Waals surface area contributed by atoms with Crippen molar-refractivity contribution in [3.05, 3.63) is 29.8 Å². The van der Waals surface area contributed by atoms with Crippen LogP contribution in [0.3, 0.4) is 0 Å². The number of benzene rings is 1. The third-order valence-corrected chi connectivity index (χ3v) is 4.44. The van der Waals surface area contributed by atoms with Gasteiger partial charge in [0.25, 0.3) is 0 Å². The van der Waals surface area contributed by atoms with Crippen molar-refractivity contribution in [3.8, 4) is 5.75 Å². The van der Waals surface area contributed by atoms with E-state index in [1.165, 1.54) is 18.4 Å². The minimum Gasteiger partial charge on any atom is -0.491 e. The van der Waals surface area contributed by atoms with Gasteiger partial charge in [-0.2, -0.15) is 0 Å². The van der Waals surface area contributed by atoms with Crippen LogP contribution in [0.1, 0.15) is 32.3 Å². The van der Waals surface area contributed by atoms with Gasteiger partial charge >= 0.3 is 0 Å². The van der Waals surface area contributed by atoms with Crippen molar-refractivity contribution in [2.75, 3.05) is 19.7 Å². The van der Waals surface area contributed by atoms with Gasteiger partial charge in [-0.15, -0.1) is 0 Å². The molecule has 0 saturated heterocycles. The molecule has 1 atom stereocenters. The molecule has 1 fully saturated rings. The summed E-state index contributed by atoms with van der Waals surface area (Å²) in [6, 6.07) is 7.90. The van der Waals surface area contributed by atoms with E-state index in [9.17, 15) is 5.11 Å². The molecule has 20 heavy (non-hydrogen) atoms. The lowest BCUT2D eigenvalue weighted by Gasteiger charge is -2.21. The van der Waals surface area contributed by atoms with Crippen LogP contribution in [-0.2, 0) is 0 Å². The lowest BCUT2D eigenvalue weighted by molar-refractivity contribution is 0.104. The Balaban J connectivity index is 1.63. The van der Waals surface area contributed by atoms with E-state index < -0.39 is 6.10 Å². The monoisotopic (exact) mass is 277 g/mol. The Labute approximate surface area is 122 Å². The Morgan fingerprint density at radius 3 is 2.45 bits per heavy atom. The maximum atomic E-state index is 9.93. The number of aryl methyl sites for hydroxylation is 1. The number of ether oxygens (including phenoxy) is 1. The molecule has 0 radical (unpaired) electrons. The second-order valence-electron chi connectivity index (χ2n) is 6.43. The minimum absolute atomic E-state index is 0.338. The fraction of sp³-hybridized carbons (Fsp3) is 0.647. The summed E-state index contributed by atoms with van der Waals surface area (Å²) in [4.78, 5) is 0. The quantitative estimate of drug-likeness (QED) is 0.768. The zero-order chi connectivity index (χ0) is 14.6. The van der Waals surface area contributed by atoms with E-state index in [0.29, 0.717) is 18.6 Å². The molecule has 2 rings (SSSR count). The predicted octanol–water partition coefficient (Wildman–Crippen LogP) is 2.76. The van der Waals surface area contributed by atoms with Gasteiger partial charge in [-0.25, -0.2) is 0 Å². The molecule has 0 aromatic heterocycles. The SMILES string of the molecule is Cc1ccc(OCC(O)CNCC2(C(C)C)CC2)cc1. The minimum atomic E-state index is -0.459. The molecule has 1 aromatic rings. The zero-order valence-electron chi connectivity index (χ0n) is 12.9. The number of rotatable bonds is 8. The number of nitrogens with one attached hydrogen (secondary N) is 1. The lowest BCUT2D eigenvalue weighted by Crippen LogP contribution is -2.36. The summed E-state index contributed by atoms with van der Waals surface area (Å²) >= 11 is 0. The molecule has 0 spiro atoms. The Bertz CT molecular complexity index is 410. The van der Waals surface area contributed by atoms with Gasteiger partial charge in [-0.1, -0.05) is 31.5 Å². The first-order valence-corrected chi connectivity index (χ1v) is 7.60. The van der Waals surface area contributed by atoms with Crippen molar-refractivity contribution in [2.45, 2.75) is 39.7 Å². The number of hydrogen-bond acceptors (Lipinski definition) is 3. The van der Waals surface area contributed by atoms with Crippen LogP contribution in [0.15, 0.2) is 24.3 Å². The summed E-state index contributed by atoms with van der Waals surface area (Å²) in [5, 5.41) is 13.3. The highest BCUT2D eigenvalue weighted by Crippen LogP contribution is 2.51. The van der Waals surface area contributed by atoms with Crippen LogP contribution in [0.5, 0.6) is 5.75 Å². The molecule has 0 amide bonds. The van der Waals surface area contributed by atoms with Crippen LogP contribution < -0.4 is 10.1 Å². The average molecular weight is 277 g/mol. The largest absolute Gasteiger partial charge is 0.491 e. The van der Waals surface area contributed by atoms with E-state index >= 15 is 0 Å². The number of aliphatic hydroxyl groups excluding tert-OH is 1. The van der Waals surface area contributed by atoms with E-state index in [2.05, 4.69) is 19.2 Å². The molecule has 1 aliphatic rings. The zero-order valence-corrected chi connectivity index (χ0v) is 12.9. The van der Waals surface area contributed by atoms with Gasteiger partial charge in [0.15, 0.2) is 0 Å². The van der Waals surface area contributed by atoms with E-state index in [1.54, 1.807) is 0 Å². The van der Waals surface area contributed by atoms with Crippen LogP contribution in [0.2, 0.25) is 0 Å². The highest BCUT2D eigenvalue weighted by molar-refractivity contribution is 5.26. The van der Waals surface area contributed by atoms with E-state index in [0.717, 1.165) is 18.2 Å². The van der Waals surface area contributed by atoms with E-state index in [4.69, 9.17) is 4.74 Å². The van der Waals surface area contributed by atoms with Crippen molar-refractivity contribution >= 4 is 0 Å². The van der Waals surface area contributed by atoms with E-state index in [1.807, 2.05) is 31.2 Å². The van der Waals surface area contributed by atoms with Crippen molar-refractivity contribution in [3.63, 3.8) is 0 Å². The molecule has 0 aliphatic heterocycles. The standard InChI is InChI=1S/C17H27NO2/c1-13(2)17(8-9-17)12-18-10-15(19)11-20-16-6-4-14(3)5-7-16/h4-7,13,15,18-19H,8-12H2,1-3H3. The summed E-state index contributed by atoms with van der Waals surface area (Å²) in [6.45, 7) is 8.56. The molecular weight excluding hydrogens is 250 g/mol. The van der Waals surface area contributed by atoms with Crippen LogP contribution in [0.4, 0.5) is 0 Å². The highest BCUT2D eigenvalue weighted by Gasteiger charge is 2.44. The maximum absolute atomic E-state index is 9.93. The predicted molar refractivity (Wildman–Crippen MR) is 82.1 cm³/mol. The van der Waals surface area contributed by atoms with E-state index in [-0.39, 0.29) is 0 Å². The first-order valence-electron chi connectivity index (χ1n) is 7.60. The van der Waals surface area contributed by atoms with Crippen LogP contribution in [0.25, 0.3) is 0 Å².